The van der Waals surface area contributed by atoms with Crippen LogP contribution in [0.4, 0.5) is 0 Å². The second-order valence-corrected chi connectivity index (χ2v) is 7.77. The second kappa shape index (κ2) is 6.48. The number of para-hydroxylation sites is 1. The average Bonchev–Trinajstić information content (AvgIpc) is 3.00. The monoisotopic (exact) mass is 352 g/mol. The molecule has 0 saturated carbocycles. The molecule has 1 aliphatic heterocycles. The Bertz CT molecular complexity index is 931. The molecule has 1 atom stereocenters. The molecule has 4 rings (SSSR count). The van der Waals surface area contributed by atoms with E-state index in [2.05, 4.69) is 35.0 Å². The first-order valence-corrected chi connectivity index (χ1v) is 9.23. The number of aromatic nitrogens is 1. The van der Waals surface area contributed by atoms with Crippen LogP contribution in [0.2, 0.25) is 0 Å². The quantitative estimate of drug-likeness (QED) is 0.770. The molecular formula is C20H20N2O2S. The maximum absolute atomic E-state index is 12.8. The van der Waals surface area contributed by atoms with E-state index in [1.165, 1.54) is 10.4 Å². The van der Waals surface area contributed by atoms with E-state index in [0.717, 1.165) is 28.9 Å². The number of nitrogens with one attached hydrogen (secondary N) is 1. The van der Waals surface area contributed by atoms with Crippen LogP contribution in [0.25, 0.3) is 10.9 Å². The van der Waals surface area contributed by atoms with Crippen LogP contribution in [-0.2, 0) is 13.1 Å². The highest BCUT2D eigenvalue weighted by Crippen LogP contribution is 2.38. The van der Waals surface area contributed by atoms with Gasteiger partial charge in [0, 0.05) is 28.6 Å². The lowest BCUT2D eigenvalue weighted by Crippen LogP contribution is -2.27. The molecule has 2 aromatic carbocycles. The lowest BCUT2D eigenvalue weighted by atomic mass is 10.2. The van der Waals surface area contributed by atoms with Gasteiger partial charge >= 0.3 is 0 Å². The number of benzene rings is 2. The van der Waals surface area contributed by atoms with Gasteiger partial charge in [-0.3, -0.25) is 4.79 Å². The predicted molar refractivity (Wildman–Crippen MR) is 101 cm³/mol. The summed E-state index contributed by atoms with van der Waals surface area (Å²) in [6.45, 7) is 3.56. The molecule has 1 amide bonds. The Morgan fingerprint density at radius 3 is 2.84 bits per heavy atom. The molecule has 0 radical (unpaired) electrons. The third-order valence-corrected chi connectivity index (χ3v) is 5.63. The molecule has 0 saturated heterocycles. The predicted octanol–water partition coefficient (Wildman–Crippen LogP) is 4.07. The Morgan fingerprint density at radius 2 is 2.08 bits per heavy atom. The van der Waals surface area contributed by atoms with Gasteiger partial charge in [0.15, 0.2) is 0 Å². The largest absolute Gasteiger partial charge is 0.497 e. The van der Waals surface area contributed by atoms with E-state index in [1.807, 2.05) is 42.1 Å². The summed E-state index contributed by atoms with van der Waals surface area (Å²) in [7, 11) is 1.65. The van der Waals surface area contributed by atoms with Crippen LogP contribution in [0.15, 0.2) is 53.4 Å². The van der Waals surface area contributed by atoms with E-state index in [-0.39, 0.29) is 5.91 Å². The van der Waals surface area contributed by atoms with Crippen molar-refractivity contribution in [1.29, 1.82) is 0 Å². The fourth-order valence-corrected chi connectivity index (χ4v) is 4.44. The van der Waals surface area contributed by atoms with Crippen molar-refractivity contribution in [2.24, 2.45) is 0 Å². The average molecular weight is 352 g/mol. The third-order valence-electron chi connectivity index (χ3n) is 4.50. The van der Waals surface area contributed by atoms with Crippen molar-refractivity contribution in [3.63, 3.8) is 0 Å². The summed E-state index contributed by atoms with van der Waals surface area (Å²) in [4.78, 5) is 14.0. The van der Waals surface area contributed by atoms with E-state index >= 15 is 0 Å². The molecule has 25 heavy (non-hydrogen) atoms. The number of methoxy groups -OCH3 is 1. The molecule has 128 valence electrons. The van der Waals surface area contributed by atoms with Crippen LogP contribution in [0.5, 0.6) is 5.75 Å². The Labute approximate surface area is 151 Å². The first kappa shape index (κ1) is 16.1. The smallest absolute Gasteiger partial charge is 0.268 e. The van der Waals surface area contributed by atoms with Gasteiger partial charge in [-0.1, -0.05) is 31.2 Å². The minimum atomic E-state index is -0.0305. The maximum Gasteiger partial charge on any atom is 0.268 e. The molecule has 5 heteroatoms. The van der Waals surface area contributed by atoms with E-state index in [9.17, 15) is 4.79 Å². The fraction of sp³-hybridized carbons (Fsp3) is 0.250. The fourth-order valence-electron chi connectivity index (χ4n) is 3.29. The molecule has 0 aliphatic carbocycles. The summed E-state index contributed by atoms with van der Waals surface area (Å²) in [6, 6.07) is 16.0. The first-order valence-electron chi connectivity index (χ1n) is 8.36. The van der Waals surface area contributed by atoms with Gasteiger partial charge in [0.2, 0.25) is 0 Å². The van der Waals surface area contributed by atoms with Gasteiger partial charge in [-0.2, -0.15) is 0 Å². The normalized spacial score (nSPS) is 16.0. The van der Waals surface area contributed by atoms with Gasteiger partial charge < -0.3 is 14.6 Å². The summed E-state index contributed by atoms with van der Waals surface area (Å²) in [6.07, 6.45) is 0. The number of hydrogen-bond acceptors (Lipinski definition) is 3. The Balaban J connectivity index is 1.58. The van der Waals surface area contributed by atoms with Crippen molar-refractivity contribution in [3.8, 4) is 5.75 Å². The zero-order valence-corrected chi connectivity index (χ0v) is 15.1. The number of carbonyl (C=O) groups excluding carboxylic acids is 1. The van der Waals surface area contributed by atoms with Gasteiger partial charge in [0.1, 0.15) is 11.4 Å². The highest BCUT2D eigenvalue weighted by atomic mass is 32.2. The van der Waals surface area contributed by atoms with Crippen molar-refractivity contribution in [2.45, 2.75) is 30.2 Å². The van der Waals surface area contributed by atoms with Crippen LogP contribution in [0.3, 0.4) is 0 Å². The van der Waals surface area contributed by atoms with Crippen molar-refractivity contribution in [3.05, 3.63) is 59.8 Å². The molecular weight excluding hydrogens is 332 g/mol. The summed E-state index contributed by atoms with van der Waals surface area (Å²) < 4.78 is 7.32. The van der Waals surface area contributed by atoms with Crippen molar-refractivity contribution in [2.75, 3.05) is 7.11 Å². The number of carbonyl (C=O) groups is 1. The lowest BCUT2D eigenvalue weighted by molar-refractivity contribution is 0.0942. The number of ether oxygens (including phenoxy) is 1. The van der Waals surface area contributed by atoms with Crippen LogP contribution in [0.1, 0.15) is 23.0 Å². The molecule has 0 spiro atoms. The third kappa shape index (κ3) is 3.00. The zero-order chi connectivity index (χ0) is 17.4. The SMILES string of the molecule is COc1ccc(CNC(=O)c2cc3cccc4c3n2C[C@H](C)S4)cc1. The topological polar surface area (TPSA) is 43.3 Å². The Kier molecular flexibility index (Phi) is 4.17. The number of hydrogen-bond donors (Lipinski definition) is 1. The summed E-state index contributed by atoms with van der Waals surface area (Å²) in [5.41, 5.74) is 2.97. The van der Waals surface area contributed by atoms with Crippen molar-refractivity contribution < 1.29 is 9.53 Å². The number of rotatable bonds is 4. The highest BCUT2D eigenvalue weighted by Gasteiger charge is 2.23. The van der Waals surface area contributed by atoms with Gasteiger partial charge in [0.05, 0.1) is 12.6 Å². The highest BCUT2D eigenvalue weighted by molar-refractivity contribution is 8.00. The van der Waals surface area contributed by atoms with Gasteiger partial charge in [-0.15, -0.1) is 11.8 Å². The molecule has 2 heterocycles. The second-order valence-electron chi connectivity index (χ2n) is 6.29. The van der Waals surface area contributed by atoms with Crippen LogP contribution >= 0.6 is 11.8 Å². The number of nitrogens with zero attached hydrogens (tertiary/aromatic N) is 1. The van der Waals surface area contributed by atoms with Crippen molar-refractivity contribution in [1.82, 2.24) is 9.88 Å². The number of thioether (sulfide) groups is 1. The van der Waals surface area contributed by atoms with E-state index in [0.29, 0.717) is 11.8 Å². The Morgan fingerprint density at radius 1 is 1.28 bits per heavy atom. The minimum absolute atomic E-state index is 0.0305. The maximum atomic E-state index is 12.8. The van der Waals surface area contributed by atoms with Gasteiger partial charge in [-0.25, -0.2) is 0 Å². The summed E-state index contributed by atoms with van der Waals surface area (Å²) in [5.74, 6) is 0.786. The molecule has 1 aliphatic rings. The molecule has 3 aromatic rings. The number of amides is 1. The zero-order valence-electron chi connectivity index (χ0n) is 14.3. The van der Waals surface area contributed by atoms with Crippen molar-refractivity contribution >= 4 is 28.6 Å². The van der Waals surface area contributed by atoms with Crippen LogP contribution < -0.4 is 10.1 Å². The Hall–Kier alpha value is -2.40. The lowest BCUT2D eigenvalue weighted by Gasteiger charge is -2.22. The molecule has 4 nitrogen and oxygen atoms in total. The molecule has 0 bridgehead atoms. The minimum Gasteiger partial charge on any atom is -0.497 e. The van der Waals surface area contributed by atoms with E-state index in [4.69, 9.17) is 4.74 Å². The summed E-state index contributed by atoms with van der Waals surface area (Å²) in [5, 5.41) is 4.63. The molecule has 1 N–H and O–H groups in total. The van der Waals surface area contributed by atoms with Crippen LogP contribution in [0, 0.1) is 0 Å². The first-order chi connectivity index (χ1) is 12.2. The van der Waals surface area contributed by atoms with Gasteiger partial charge in [-0.05, 0) is 29.8 Å². The molecule has 0 fully saturated rings. The molecule has 0 unspecified atom stereocenters. The van der Waals surface area contributed by atoms with E-state index in [1.54, 1.807) is 7.11 Å². The van der Waals surface area contributed by atoms with Crippen LogP contribution in [-0.4, -0.2) is 22.8 Å². The van der Waals surface area contributed by atoms with Gasteiger partial charge in [0.25, 0.3) is 5.91 Å². The standard InChI is InChI=1S/C20H20N2O2S/c1-13-12-22-17(10-15-4-3-5-18(25-13)19(15)22)20(23)21-11-14-6-8-16(24-2)9-7-14/h3-10,13H,11-12H2,1-2H3,(H,21,23)/t13-/m0/s1. The van der Waals surface area contributed by atoms with E-state index < -0.39 is 0 Å². The summed E-state index contributed by atoms with van der Waals surface area (Å²) >= 11 is 1.88. The molecule has 1 aromatic heterocycles.